The highest BCUT2D eigenvalue weighted by molar-refractivity contribution is 5.89. The van der Waals surface area contributed by atoms with Gasteiger partial charge in [0.05, 0.1) is 12.7 Å². The summed E-state index contributed by atoms with van der Waals surface area (Å²) < 4.78 is 10.8. The molecule has 0 fully saturated rings. The summed E-state index contributed by atoms with van der Waals surface area (Å²) in [5, 5.41) is 0. The van der Waals surface area contributed by atoms with Gasteiger partial charge in [0.15, 0.2) is 0 Å². The van der Waals surface area contributed by atoms with Crippen LogP contribution >= 0.6 is 0 Å². The van der Waals surface area contributed by atoms with Crippen LogP contribution in [0.2, 0.25) is 0 Å². The smallest absolute Gasteiger partial charge is 0.337 e. The standard InChI is InChI=1S/C16H12O3/c1-18-16(17)9-6-7-12-13(8-9)15-11-5-3-2-4-10(11)14(12)19-15/h2-8,14-15H,1H3/t14-,15+/m0/s1. The number of esters is 1. The first kappa shape index (κ1) is 10.8. The number of hydrogen-bond donors (Lipinski definition) is 0. The fourth-order valence-electron chi connectivity index (χ4n) is 3.04. The maximum Gasteiger partial charge on any atom is 0.337 e. The van der Waals surface area contributed by atoms with Crippen molar-refractivity contribution in [2.45, 2.75) is 12.2 Å². The van der Waals surface area contributed by atoms with Crippen LogP contribution in [0, 0.1) is 0 Å². The van der Waals surface area contributed by atoms with Crippen molar-refractivity contribution in [1.82, 2.24) is 0 Å². The van der Waals surface area contributed by atoms with Gasteiger partial charge in [-0.3, -0.25) is 0 Å². The van der Waals surface area contributed by atoms with Gasteiger partial charge in [0.1, 0.15) is 12.2 Å². The Kier molecular flexibility index (Phi) is 2.09. The molecule has 2 atom stereocenters. The number of carbonyl (C=O) groups is 1. The highest BCUT2D eigenvalue weighted by Crippen LogP contribution is 2.53. The molecule has 2 aromatic carbocycles. The van der Waals surface area contributed by atoms with Gasteiger partial charge in [-0.1, -0.05) is 30.3 Å². The third kappa shape index (κ3) is 1.33. The van der Waals surface area contributed by atoms with Crippen LogP contribution in [0.1, 0.15) is 44.8 Å². The molecule has 2 bridgehead atoms. The lowest BCUT2D eigenvalue weighted by molar-refractivity contribution is 0.0600. The zero-order valence-corrected chi connectivity index (χ0v) is 10.4. The molecule has 0 spiro atoms. The Morgan fingerprint density at radius 2 is 1.63 bits per heavy atom. The first-order valence-electron chi connectivity index (χ1n) is 6.26. The normalized spacial score (nSPS) is 21.9. The van der Waals surface area contributed by atoms with Crippen LogP contribution in [0.15, 0.2) is 42.5 Å². The van der Waals surface area contributed by atoms with Gasteiger partial charge in [-0.25, -0.2) is 4.79 Å². The molecule has 3 nitrogen and oxygen atoms in total. The molecule has 0 saturated heterocycles. The fourth-order valence-corrected chi connectivity index (χ4v) is 3.04. The third-order valence-corrected chi connectivity index (χ3v) is 3.91. The van der Waals surface area contributed by atoms with Crippen LogP contribution in [0.3, 0.4) is 0 Å². The molecule has 2 aromatic rings. The zero-order valence-electron chi connectivity index (χ0n) is 10.4. The molecular weight excluding hydrogens is 240 g/mol. The second kappa shape index (κ2) is 3.68. The van der Waals surface area contributed by atoms with E-state index in [0.717, 1.165) is 11.1 Å². The van der Waals surface area contributed by atoms with Crippen molar-refractivity contribution >= 4 is 5.97 Å². The largest absolute Gasteiger partial charge is 0.465 e. The van der Waals surface area contributed by atoms with Crippen molar-refractivity contribution in [3.8, 4) is 0 Å². The molecule has 0 aromatic heterocycles. The Hall–Kier alpha value is -2.13. The van der Waals surface area contributed by atoms with Gasteiger partial charge in [0.25, 0.3) is 0 Å². The number of methoxy groups -OCH3 is 1. The molecule has 2 aliphatic rings. The van der Waals surface area contributed by atoms with Crippen LogP contribution in [0.4, 0.5) is 0 Å². The SMILES string of the molecule is COC(=O)c1ccc2c(c1)[C@@H]1O[C@H]2c2ccccc21. The Morgan fingerprint density at radius 3 is 2.32 bits per heavy atom. The van der Waals surface area contributed by atoms with Gasteiger partial charge in [-0.05, 0) is 34.4 Å². The van der Waals surface area contributed by atoms with Crippen LogP contribution in [-0.2, 0) is 9.47 Å². The predicted molar refractivity (Wildman–Crippen MR) is 69.0 cm³/mol. The second-order valence-electron chi connectivity index (χ2n) is 4.86. The van der Waals surface area contributed by atoms with Crippen molar-refractivity contribution < 1.29 is 14.3 Å². The van der Waals surface area contributed by atoms with Crippen LogP contribution in [-0.4, -0.2) is 13.1 Å². The molecule has 0 radical (unpaired) electrons. The van der Waals surface area contributed by atoms with Gasteiger partial charge >= 0.3 is 5.97 Å². The van der Waals surface area contributed by atoms with Crippen LogP contribution in [0.25, 0.3) is 0 Å². The summed E-state index contributed by atoms with van der Waals surface area (Å²) >= 11 is 0. The Balaban J connectivity index is 1.86. The molecule has 4 rings (SSSR count). The van der Waals surface area contributed by atoms with Crippen LogP contribution in [0.5, 0.6) is 0 Å². The zero-order chi connectivity index (χ0) is 13.0. The number of carbonyl (C=O) groups excluding carboxylic acids is 1. The fraction of sp³-hybridized carbons (Fsp3) is 0.188. The minimum Gasteiger partial charge on any atom is -0.465 e. The van der Waals surface area contributed by atoms with E-state index in [1.54, 1.807) is 6.07 Å². The molecule has 3 heteroatoms. The average Bonchev–Trinajstić information content (AvgIpc) is 3.03. The van der Waals surface area contributed by atoms with E-state index in [4.69, 9.17) is 9.47 Å². The molecule has 94 valence electrons. The van der Waals surface area contributed by atoms with E-state index in [2.05, 4.69) is 12.1 Å². The van der Waals surface area contributed by atoms with Crippen molar-refractivity contribution in [2.24, 2.45) is 0 Å². The summed E-state index contributed by atoms with van der Waals surface area (Å²) in [4.78, 5) is 11.6. The van der Waals surface area contributed by atoms with E-state index in [9.17, 15) is 4.79 Å². The first-order valence-corrected chi connectivity index (χ1v) is 6.26. The number of benzene rings is 2. The predicted octanol–water partition coefficient (Wildman–Crippen LogP) is 3.00. The third-order valence-electron chi connectivity index (χ3n) is 3.91. The molecule has 2 aliphatic heterocycles. The van der Waals surface area contributed by atoms with Crippen molar-refractivity contribution in [3.63, 3.8) is 0 Å². The summed E-state index contributed by atoms with van der Waals surface area (Å²) in [5.41, 5.74) is 5.28. The molecule has 0 unspecified atom stereocenters. The molecule has 0 saturated carbocycles. The maximum atomic E-state index is 11.6. The van der Waals surface area contributed by atoms with Gasteiger partial charge in [0.2, 0.25) is 0 Å². The minimum absolute atomic E-state index is 0.0166. The minimum atomic E-state index is -0.307. The molecule has 2 heterocycles. The van der Waals surface area contributed by atoms with Gasteiger partial charge in [0, 0.05) is 0 Å². The first-order chi connectivity index (χ1) is 9.29. The van der Waals surface area contributed by atoms with E-state index < -0.39 is 0 Å². The number of rotatable bonds is 1. The lowest BCUT2D eigenvalue weighted by atomic mass is 9.85. The number of hydrogen-bond acceptors (Lipinski definition) is 3. The maximum absolute atomic E-state index is 11.6. The van der Waals surface area contributed by atoms with Crippen LogP contribution < -0.4 is 0 Å². The van der Waals surface area contributed by atoms with E-state index in [1.807, 2.05) is 24.3 Å². The monoisotopic (exact) mass is 252 g/mol. The average molecular weight is 252 g/mol. The second-order valence-corrected chi connectivity index (χ2v) is 4.86. The molecule has 0 aliphatic carbocycles. The Labute approximate surface area is 110 Å². The number of fused-ring (bicyclic) bond motifs is 8. The van der Waals surface area contributed by atoms with Gasteiger partial charge in [-0.2, -0.15) is 0 Å². The molecule has 19 heavy (non-hydrogen) atoms. The summed E-state index contributed by atoms with van der Waals surface area (Å²) in [6.45, 7) is 0. The lowest BCUT2D eigenvalue weighted by Gasteiger charge is -2.15. The Morgan fingerprint density at radius 1 is 1.00 bits per heavy atom. The van der Waals surface area contributed by atoms with E-state index >= 15 is 0 Å². The quantitative estimate of drug-likeness (QED) is 0.732. The highest BCUT2D eigenvalue weighted by atomic mass is 16.5. The molecule has 0 amide bonds. The topological polar surface area (TPSA) is 35.5 Å². The van der Waals surface area contributed by atoms with Gasteiger partial charge in [-0.15, -0.1) is 0 Å². The number of ether oxygens (including phenoxy) is 2. The van der Waals surface area contributed by atoms with Crippen molar-refractivity contribution in [3.05, 3.63) is 70.3 Å². The molecular formula is C16H12O3. The summed E-state index contributed by atoms with van der Waals surface area (Å²) in [7, 11) is 1.40. The van der Waals surface area contributed by atoms with E-state index in [-0.39, 0.29) is 18.2 Å². The summed E-state index contributed by atoms with van der Waals surface area (Å²) in [6, 6.07) is 13.9. The Bertz CT molecular complexity index is 690. The summed E-state index contributed by atoms with van der Waals surface area (Å²) in [5.74, 6) is -0.307. The molecule has 0 N–H and O–H groups in total. The highest BCUT2D eigenvalue weighted by Gasteiger charge is 2.42. The summed E-state index contributed by atoms with van der Waals surface area (Å²) in [6.07, 6.45) is -0.0243. The van der Waals surface area contributed by atoms with E-state index in [1.165, 1.54) is 18.2 Å². The van der Waals surface area contributed by atoms with Crippen molar-refractivity contribution in [1.29, 1.82) is 0 Å². The lowest BCUT2D eigenvalue weighted by Crippen LogP contribution is -2.07. The van der Waals surface area contributed by atoms with Crippen molar-refractivity contribution in [2.75, 3.05) is 7.11 Å². The van der Waals surface area contributed by atoms with E-state index in [0.29, 0.717) is 5.56 Å². The van der Waals surface area contributed by atoms with Gasteiger partial charge < -0.3 is 9.47 Å².